The van der Waals surface area contributed by atoms with Gasteiger partial charge in [-0.15, -0.1) is 0 Å². The van der Waals surface area contributed by atoms with Gasteiger partial charge in [0.05, 0.1) is 18.7 Å². The van der Waals surface area contributed by atoms with Crippen molar-refractivity contribution in [3.8, 4) is 0 Å². The van der Waals surface area contributed by atoms with Gasteiger partial charge in [0.1, 0.15) is 0 Å². The van der Waals surface area contributed by atoms with Crippen LogP contribution in [0.4, 0.5) is 0 Å². The third-order valence-corrected chi connectivity index (χ3v) is 13.2. The molecule has 4 nitrogen and oxygen atoms in total. The zero-order chi connectivity index (χ0) is 26.4. The molecule has 0 heterocycles. The predicted octanol–water partition coefficient (Wildman–Crippen LogP) is 9.32. The first-order chi connectivity index (χ1) is 18.7. The summed E-state index contributed by atoms with van der Waals surface area (Å²) in [5.74, 6) is 0.913. The van der Waals surface area contributed by atoms with E-state index in [1.165, 1.54) is 161 Å². The maximum Gasteiger partial charge on any atom is 0.258 e. The van der Waals surface area contributed by atoms with Gasteiger partial charge >= 0.3 is 0 Å². The summed E-state index contributed by atoms with van der Waals surface area (Å²) >= 11 is 0. The molecule has 0 radical (unpaired) electrons. The largest absolute Gasteiger partial charge is 0.383 e. The zero-order valence-corrected chi connectivity index (χ0v) is 24.9. The van der Waals surface area contributed by atoms with Crippen molar-refractivity contribution < 1.29 is 9.53 Å². The molecule has 0 amide bonds. The van der Waals surface area contributed by atoms with E-state index in [0.717, 1.165) is 12.5 Å². The first-order valence-electron chi connectivity index (χ1n) is 17.0. The minimum absolute atomic E-state index is 0.0158. The number of hydrogen-bond donors (Lipinski definition) is 0. The fourth-order valence-electron chi connectivity index (χ4n) is 12.0. The fourth-order valence-corrected chi connectivity index (χ4v) is 12.0. The van der Waals surface area contributed by atoms with Crippen molar-refractivity contribution in [3.05, 3.63) is 0 Å². The van der Waals surface area contributed by atoms with Gasteiger partial charge in [-0.1, -0.05) is 101 Å². The molecule has 216 valence electrons. The summed E-state index contributed by atoms with van der Waals surface area (Å²) in [6.45, 7) is 1.38. The van der Waals surface area contributed by atoms with E-state index in [1.54, 1.807) is 7.11 Å². The van der Waals surface area contributed by atoms with Crippen LogP contribution in [0.25, 0.3) is 0 Å². The number of carbonyl (C=O) groups excluding carboxylic acids is 1. The van der Waals surface area contributed by atoms with Gasteiger partial charge in [-0.25, -0.2) is 4.79 Å². The van der Waals surface area contributed by atoms with E-state index >= 15 is 0 Å². The van der Waals surface area contributed by atoms with Crippen LogP contribution in [0.1, 0.15) is 161 Å². The van der Waals surface area contributed by atoms with E-state index in [2.05, 4.69) is 16.2 Å². The van der Waals surface area contributed by atoms with Crippen molar-refractivity contribution in [2.75, 3.05) is 20.3 Å². The van der Waals surface area contributed by atoms with Crippen LogP contribution < -0.4 is 0 Å². The van der Waals surface area contributed by atoms with E-state index in [-0.39, 0.29) is 11.0 Å². The summed E-state index contributed by atoms with van der Waals surface area (Å²) in [6, 6.07) is 0. The molecule has 0 aromatic heterocycles. The first kappa shape index (κ1) is 28.7. The minimum atomic E-state index is -0.0158. The highest BCUT2D eigenvalue weighted by molar-refractivity contribution is 5.33. The monoisotopic (exact) mass is 526 g/mol. The van der Waals surface area contributed by atoms with Gasteiger partial charge in [-0.2, -0.15) is 0 Å². The zero-order valence-electron chi connectivity index (χ0n) is 24.9. The van der Waals surface area contributed by atoms with Crippen LogP contribution >= 0.6 is 0 Å². The number of nitrogens with zero attached hydrogens (tertiary/aromatic N) is 2. The Morgan fingerprint density at radius 3 is 1.66 bits per heavy atom. The van der Waals surface area contributed by atoms with Crippen LogP contribution in [0.2, 0.25) is 0 Å². The Kier molecular flexibility index (Phi) is 9.62. The van der Waals surface area contributed by atoms with Gasteiger partial charge in [0, 0.05) is 12.5 Å². The van der Waals surface area contributed by atoms with Crippen LogP contribution in [-0.2, 0) is 9.53 Å². The molecule has 0 bridgehead atoms. The molecule has 5 aliphatic rings. The fraction of sp³-hybridized carbons (Fsp3) is 0.971. The number of rotatable bonds is 9. The summed E-state index contributed by atoms with van der Waals surface area (Å²) < 4.78 is 5.65. The Bertz CT molecular complexity index is 772. The van der Waals surface area contributed by atoms with Gasteiger partial charge in [0.25, 0.3) is 6.08 Å². The number of ether oxygens (including phenoxy) is 1. The second kappa shape index (κ2) is 12.8. The van der Waals surface area contributed by atoms with Crippen LogP contribution in [0, 0.1) is 22.2 Å². The van der Waals surface area contributed by atoms with E-state index in [1.807, 2.05) is 0 Å². The molecule has 0 saturated heterocycles. The minimum Gasteiger partial charge on any atom is -0.383 e. The molecule has 0 spiro atoms. The molecule has 5 saturated carbocycles. The number of methoxy groups -OCH3 is 1. The van der Waals surface area contributed by atoms with E-state index in [0.29, 0.717) is 17.4 Å². The lowest BCUT2D eigenvalue weighted by atomic mass is 9.33. The predicted molar refractivity (Wildman–Crippen MR) is 156 cm³/mol. The molecular formula is C34H58N2O2. The van der Waals surface area contributed by atoms with Crippen molar-refractivity contribution in [1.82, 2.24) is 5.01 Å². The third kappa shape index (κ3) is 4.72. The van der Waals surface area contributed by atoms with Gasteiger partial charge in [0.15, 0.2) is 0 Å². The standard InChI is InChI=1S/C34H58N2O2/c1-38-28-27-36(35-29-37)34(25-15-6-16-26-34)33(23-13-5-14-24-33)32(21-11-4-12-22-32)31(19-9-3-10-20-31)30-17-7-2-8-18-30/h30H,2-28H2,1H3. The topological polar surface area (TPSA) is 41.9 Å². The van der Waals surface area contributed by atoms with Crippen molar-refractivity contribution in [2.45, 2.75) is 166 Å². The van der Waals surface area contributed by atoms with Crippen LogP contribution in [0.3, 0.4) is 0 Å². The highest BCUT2D eigenvalue weighted by Crippen LogP contribution is 2.75. The van der Waals surface area contributed by atoms with Gasteiger partial charge in [-0.05, 0) is 81.0 Å². The van der Waals surface area contributed by atoms with E-state index in [9.17, 15) is 4.79 Å². The molecule has 0 atom stereocenters. The molecule has 0 aromatic rings. The van der Waals surface area contributed by atoms with Gasteiger partial charge in [0.2, 0.25) is 0 Å². The second-order valence-corrected chi connectivity index (χ2v) is 14.2. The summed E-state index contributed by atoms with van der Waals surface area (Å²) in [5.41, 5.74) is 1.12. The summed E-state index contributed by atoms with van der Waals surface area (Å²) in [4.78, 5) is 12.0. The first-order valence-corrected chi connectivity index (χ1v) is 17.0. The van der Waals surface area contributed by atoms with Gasteiger partial charge < -0.3 is 4.74 Å². The van der Waals surface area contributed by atoms with Crippen LogP contribution in [-0.4, -0.2) is 36.9 Å². The molecular weight excluding hydrogens is 468 g/mol. The highest BCUT2D eigenvalue weighted by atomic mass is 16.5. The Morgan fingerprint density at radius 1 is 0.658 bits per heavy atom. The van der Waals surface area contributed by atoms with Crippen molar-refractivity contribution >= 4 is 6.08 Å². The number of hydrogen-bond acceptors (Lipinski definition) is 4. The molecule has 38 heavy (non-hydrogen) atoms. The summed E-state index contributed by atoms with van der Waals surface area (Å²) in [5, 5.41) is 6.95. The Morgan fingerprint density at radius 2 is 1.13 bits per heavy atom. The highest BCUT2D eigenvalue weighted by Gasteiger charge is 2.70. The average Bonchev–Trinajstić information content (AvgIpc) is 3.01. The van der Waals surface area contributed by atoms with Crippen molar-refractivity contribution in [1.29, 1.82) is 0 Å². The molecule has 0 aliphatic heterocycles. The lowest BCUT2D eigenvalue weighted by Crippen LogP contribution is -2.71. The molecule has 5 aliphatic carbocycles. The Hall–Kier alpha value is -0.860. The average molecular weight is 527 g/mol. The maximum atomic E-state index is 12.0. The Balaban J connectivity index is 1.73. The number of isocyanates is 1. The SMILES string of the molecule is COCCN(N=C=O)C1(C2(C3(C4(C5CCCCC5)CCCCC4)CCCCC3)CCCCC2)CCCCC1. The number of hydrazone groups is 1. The van der Waals surface area contributed by atoms with Crippen LogP contribution in [0.5, 0.6) is 0 Å². The quantitative estimate of drug-likeness (QED) is 0.171. The Labute approximate surface area is 234 Å². The molecule has 5 rings (SSSR count). The lowest BCUT2D eigenvalue weighted by Gasteiger charge is -2.73. The van der Waals surface area contributed by atoms with Crippen molar-refractivity contribution in [3.63, 3.8) is 0 Å². The molecule has 0 unspecified atom stereocenters. The summed E-state index contributed by atoms with van der Waals surface area (Å²) in [7, 11) is 1.80. The molecule has 5 fully saturated rings. The summed E-state index contributed by atoms with van der Waals surface area (Å²) in [6.07, 6.45) is 37.0. The van der Waals surface area contributed by atoms with Gasteiger partial charge in [-0.3, -0.25) is 5.01 Å². The third-order valence-electron chi connectivity index (χ3n) is 13.2. The normalized spacial score (nSPS) is 29.2. The van der Waals surface area contributed by atoms with E-state index < -0.39 is 0 Å². The molecule has 0 aromatic carbocycles. The van der Waals surface area contributed by atoms with E-state index in [4.69, 9.17) is 4.74 Å². The smallest absolute Gasteiger partial charge is 0.258 e. The lowest BCUT2D eigenvalue weighted by molar-refractivity contribution is -0.242. The second-order valence-electron chi connectivity index (χ2n) is 14.2. The van der Waals surface area contributed by atoms with Crippen LogP contribution in [0.15, 0.2) is 5.10 Å². The molecule has 0 N–H and O–H groups in total. The maximum absolute atomic E-state index is 12.0. The molecule has 4 heteroatoms. The van der Waals surface area contributed by atoms with Crippen molar-refractivity contribution in [2.24, 2.45) is 27.3 Å².